The number of carbonyl (C=O) groups is 3. The Morgan fingerprint density at radius 3 is 2.34 bits per heavy atom. The van der Waals surface area contributed by atoms with Crippen molar-refractivity contribution in [3.05, 3.63) is 59.2 Å². The molecular formula is C30H37N5O3. The van der Waals surface area contributed by atoms with Crippen molar-refractivity contribution in [2.75, 3.05) is 29.9 Å². The van der Waals surface area contributed by atoms with Gasteiger partial charge in [-0.3, -0.25) is 19.5 Å². The van der Waals surface area contributed by atoms with Crippen molar-refractivity contribution in [2.45, 2.75) is 59.0 Å². The Morgan fingerprint density at radius 1 is 1.00 bits per heavy atom. The van der Waals surface area contributed by atoms with E-state index < -0.39 is 18.1 Å². The second-order valence-electron chi connectivity index (χ2n) is 10.9. The molecule has 0 radical (unpaired) electrons. The van der Waals surface area contributed by atoms with E-state index >= 15 is 0 Å². The van der Waals surface area contributed by atoms with Crippen LogP contribution in [0.3, 0.4) is 0 Å². The number of aryl methyl sites for hydroxylation is 2. The van der Waals surface area contributed by atoms with Gasteiger partial charge in [0.25, 0.3) is 5.91 Å². The average Bonchev–Trinajstić information content (AvgIpc) is 3.28. The molecule has 4 amide bonds. The quantitative estimate of drug-likeness (QED) is 0.607. The molecule has 3 fully saturated rings. The van der Waals surface area contributed by atoms with Gasteiger partial charge in [0, 0.05) is 30.1 Å². The van der Waals surface area contributed by atoms with Gasteiger partial charge in [-0.1, -0.05) is 37.3 Å². The Balaban J connectivity index is 1.43. The molecule has 2 N–H and O–H groups in total. The lowest BCUT2D eigenvalue weighted by Crippen LogP contribution is -2.52. The molecule has 1 atom stereocenters. The maximum Gasteiger partial charge on any atom is 0.321 e. The Morgan fingerprint density at radius 2 is 1.68 bits per heavy atom. The third kappa shape index (κ3) is 5.44. The van der Waals surface area contributed by atoms with Gasteiger partial charge in [-0.15, -0.1) is 0 Å². The van der Waals surface area contributed by atoms with Gasteiger partial charge in [-0.25, -0.2) is 4.79 Å². The lowest BCUT2D eigenvalue weighted by Gasteiger charge is -2.30. The standard InChI is InChI=1S/C30H37N5O3/c1-4-25-24-10-6-8-20(3)27(24)35(18-26(36)34-16-21-11-12-22(17-34)14-13-21)29(37)28(32-25)33-30(38)31-23-9-5-7-19(2)15-23/h5-10,15,21-22,28H,4,11-14,16-18H2,1-3H3,(H2,31,33,38). The van der Waals surface area contributed by atoms with E-state index in [-0.39, 0.29) is 12.5 Å². The monoisotopic (exact) mass is 515 g/mol. The van der Waals surface area contributed by atoms with Gasteiger partial charge in [-0.2, -0.15) is 0 Å². The highest BCUT2D eigenvalue weighted by Gasteiger charge is 2.37. The highest BCUT2D eigenvalue weighted by atomic mass is 16.2. The SMILES string of the molecule is CCC1=NC(NC(=O)Nc2cccc(C)c2)C(=O)N(CC(=O)N2CC3CCC(CC3)C2)c2c(C)cccc21. The zero-order chi connectivity index (χ0) is 26.8. The summed E-state index contributed by atoms with van der Waals surface area (Å²) in [5.41, 5.74) is 4.79. The van der Waals surface area contributed by atoms with E-state index in [9.17, 15) is 14.4 Å². The minimum absolute atomic E-state index is 0.0470. The summed E-state index contributed by atoms with van der Waals surface area (Å²) in [6.45, 7) is 7.32. The second kappa shape index (κ2) is 11.0. The molecule has 4 aliphatic rings. The number of benzodiazepines with no additional fused rings is 1. The van der Waals surface area contributed by atoms with E-state index in [0.29, 0.717) is 29.6 Å². The normalized spacial score (nSPS) is 22.8. The molecule has 200 valence electrons. The molecule has 8 heteroatoms. The first-order valence-electron chi connectivity index (χ1n) is 13.7. The van der Waals surface area contributed by atoms with Gasteiger partial charge in [-0.05, 0) is 81.0 Å². The molecular weight excluding hydrogens is 478 g/mol. The third-order valence-corrected chi connectivity index (χ3v) is 8.05. The Bertz CT molecular complexity index is 1250. The number of nitrogens with one attached hydrogen (secondary N) is 2. The van der Waals surface area contributed by atoms with E-state index in [2.05, 4.69) is 10.6 Å². The smallest absolute Gasteiger partial charge is 0.321 e. The van der Waals surface area contributed by atoms with Gasteiger partial charge >= 0.3 is 6.03 Å². The number of fused-ring (bicyclic) bond motifs is 5. The molecule has 8 nitrogen and oxygen atoms in total. The van der Waals surface area contributed by atoms with Crippen LogP contribution in [0.1, 0.15) is 55.7 Å². The predicted molar refractivity (Wildman–Crippen MR) is 150 cm³/mol. The average molecular weight is 516 g/mol. The maximum absolute atomic E-state index is 14.0. The summed E-state index contributed by atoms with van der Waals surface area (Å²) in [5.74, 6) is 0.631. The molecule has 1 saturated carbocycles. The van der Waals surface area contributed by atoms with Gasteiger partial charge in [0.2, 0.25) is 12.1 Å². The molecule has 2 aromatic rings. The summed E-state index contributed by atoms with van der Waals surface area (Å²) < 4.78 is 0. The highest BCUT2D eigenvalue weighted by molar-refractivity contribution is 6.15. The largest absolute Gasteiger partial charge is 0.341 e. The van der Waals surface area contributed by atoms with E-state index in [4.69, 9.17) is 4.99 Å². The summed E-state index contributed by atoms with van der Waals surface area (Å²) in [7, 11) is 0. The first kappa shape index (κ1) is 25.9. The fraction of sp³-hybridized carbons (Fsp3) is 0.467. The predicted octanol–water partition coefficient (Wildman–Crippen LogP) is 4.65. The van der Waals surface area contributed by atoms with Gasteiger partial charge < -0.3 is 15.5 Å². The zero-order valence-corrected chi connectivity index (χ0v) is 22.5. The van der Waals surface area contributed by atoms with Crippen molar-refractivity contribution in [3.8, 4) is 0 Å². The van der Waals surface area contributed by atoms with Crippen molar-refractivity contribution < 1.29 is 14.4 Å². The first-order chi connectivity index (χ1) is 18.3. The van der Waals surface area contributed by atoms with Gasteiger partial charge in [0.1, 0.15) is 6.54 Å². The van der Waals surface area contributed by atoms with Crippen molar-refractivity contribution in [1.29, 1.82) is 0 Å². The summed E-state index contributed by atoms with van der Waals surface area (Å²) in [5, 5.41) is 5.56. The van der Waals surface area contributed by atoms with Gasteiger partial charge in [0.15, 0.2) is 0 Å². The number of amides is 4. The summed E-state index contributed by atoms with van der Waals surface area (Å²) in [6, 6.07) is 12.8. The van der Waals surface area contributed by atoms with Crippen LogP contribution in [0.4, 0.5) is 16.2 Å². The minimum Gasteiger partial charge on any atom is -0.341 e. The zero-order valence-electron chi connectivity index (χ0n) is 22.5. The molecule has 6 rings (SSSR count). The molecule has 0 spiro atoms. The van der Waals surface area contributed by atoms with Crippen molar-refractivity contribution in [3.63, 3.8) is 0 Å². The van der Waals surface area contributed by atoms with Crippen LogP contribution >= 0.6 is 0 Å². The number of hydrogen-bond donors (Lipinski definition) is 2. The number of aliphatic imine (C=N–C) groups is 1. The number of benzene rings is 2. The first-order valence-corrected chi connectivity index (χ1v) is 13.7. The molecule has 2 aromatic carbocycles. The van der Waals surface area contributed by atoms with E-state index in [1.54, 1.807) is 11.0 Å². The lowest BCUT2D eigenvalue weighted by molar-refractivity contribution is -0.132. The van der Waals surface area contributed by atoms with Crippen LogP contribution in [0.2, 0.25) is 0 Å². The third-order valence-electron chi connectivity index (χ3n) is 8.05. The highest BCUT2D eigenvalue weighted by Crippen LogP contribution is 2.35. The van der Waals surface area contributed by atoms with Gasteiger partial charge in [0.05, 0.1) is 5.69 Å². The molecule has 1 aliphatic carbocycles. The minimum atomic E-state index is -1.14. The number of carbonyl (C=O) groups excluding carboxylic acids is 3. The lowest BCUT2D eigenvalue weighted by atomic mass is 9.84. The number of hydrogen-bond acceptors (Lipinski definition) is 4. The summed E-state index contributed by atoms with van der Waals surface area (Å²) >= 11 is 0. The fourth-order valence-electron chi connectivity index (χ4n) is 6.07. The van der Waals surface area contributed by atoms with Crippen molar-refractivity contribution >= 4 is 34.9 Å². The maximum atomic E-state index is 14.0. The van der Waals surface area contributed by atoms with Crippen molar-refractivity contribution in [2.24, 2.45) is 16.8 Å². The molecule has 3 aliphatic heterocycles. The van der Waals surface area contributed by atoms with Crippen LogP contribution in [-0.4, -0.2) is 54.3 Å². The van der Waals surface area contributed by atoms with Crippen LogP contribution in [0.25, 0.3) is 0 Å². The van der Waals surface area contributed by atoms with E-state index in [1.165, 1.54) is 25.7 Å². The summed E-state index contributed by atoms with van der Waals surface area (Å²) in [6.07, 6.45) is 4.14. The molecule has 1 unspecified atom stereocenters. The van der Waals surface area contributed by atoms with Crippen LogP contribution in [0.5, 0.6) is 0 Å². The fourth-order valence-corrected chi connectivity index (χ4v) is 6.07. The Labute approximate surface area is 224 Å². The second-order valence-corrected chi connectivity index (χ2v) is 10.9. The molecule has 38 heavy (non-hydrogen) atoms. The number of urea groups is 1. The number of para-hydroxylation sites is 1. The van der Waals surface area contributed by atoms with Crippen LogP contribution in [0, 0.1) is 25.7 Å². The number of nitrogens with zero attached hydrogens (tertiary/aromatic N) is 3. The Hall–Kier alpha value is -3.68. The van der Waals surface area contributed by atoms with E-state index in [1.807, 2.05) is 62.1 Å². The Kier molecular flexibility index (Phi) is 7.49. The molecule has 0 aromatic heterocycles. The van der Waals surface area contributed by atoms with Crippen LogP contribution < -0.4 is 15.5 Å². The number of anilines is 2. The van der Waals surface area contributed by atoms with Crippen molar-refractivity contribution in [1.82, 2.24) is 10.2 Å². The summed E-state index contributed by atoms with van der Waals surface area (Å²) in [4.78, 5) is 48.8. The number of rotatable bonds is 5. The topological polar surface area (TPSA) is 94.1 Å². The van der Waals surface area contributed by atoms with Crippen LogP contribution in [-0.2, 0) is 9.59 Å². The molecule has 2 saturated heterocycles. The molecule has 2 bridgehead atoms. The molecule has 3 heterocycles. The van der Waals surface area contributed by atoms with Crippen LogP contribution in [0.15, 0.2) is 47.5 Å². The van der Waals surface area contributed by atoms with E-state index in [0.717, 1.165) is 35.5 Å².